The van der Waals surface area contributed by atoms with Crippen LogP contribution in [0.25, 0.3) is 0 Å². The Morgan fingerprint density at radius 1 is 1.48 bits per heavy atom. The quantitative estimate of drug-likeness (QED) is 0.846. The maximum atomic E-state index is 12.5. The maximum absolute atomic E-state index is 12.5. The van der Waals surface area contributed by atoms with Crippen LogP contribution in [0.4, 0.5) is 0 Å². The second-order valence-electron chi connectivity index (χ2n) is 5.00. The third-order valence-electron chi connectivity index (χ3n) is 3.52. The van der Waals surface area contributed by atoms with Crippen LogP contribution in [0.3, 0.4) is 0 Å². The van der Waals surface area contributed by atoms with Crippen molar-refractivity contribution in [3.8, 4) is 5.75 Å². The molecule has 1 heterocycles. The molecule has 6 heteroatoms. The molecule has 1 fully saturated rings. The molecule has 0 aromatic heterocycles. The van der Waals surface area contributed by atoms with Gasteiger partial charge < -0.3 is 14.7 Å². The first-order valence-electron chi connectivity index (χ1n) is 6.97. The van der Waals surface area contributed by atoms with Crippen molar-refractivity contribution in [2.75, 3.05) is 19.7 Å². The molecule has 1 aromatic rings. The number of carbonyl (C=O) groups excluding carboxylic acids is 2. The van der Waals surface area contributed by atoms with Crippen molar-refractivity contribution in [2.24, 2.45) is 5.92 Å². The van der Waals surface area contributed by atoms with Gasteiger partial charge in [-0.3, -0.25) is 9.59 Å². The molecule has 0 unspecified atom stereocenters. The van der Waals surface area contributed by atoms with Gasteiger partial charge in [0.25, 0.3) is 5.91 Å². The fourth-order valence-corrected chi connectivity index (χ4v) is 2.83. The number of aromatic hydroxyl groups is 1. The van der Waals surface area contributed by atoms with E-state index in [2.05, 4.69) is 15.9 Å². The molecule has 0 saturated carbocycles. The molecule has 1 atom stereocenters. The number of piperidine rings is 1. The molecule has 0 radical (unpaired) electrons. The Kier molecular flexibility index (Phi) is 5.22. The SMILES string of the molecule is CCOC(=O)[C@H]1CCCN(C(=O)c2cc(Br)ccc2O)C1. The topological polar surface area (TPSA) is 66.8 Å². The molecule has 1 N–H and O–H groups in total. The number of likely N-dealkylation sites (tertiary alicyclic amines) is 1. The fourth-order valence-electron chi connectivity index (χ4n) is 2.46. The van der Waals surface area contributed by atoms with E-state index in [4.69, 9.17) is 4.74 Å². The fraction of sp³-hybridized carbons (Fsp3) is 0.467. The number of hydrogen-bond donors (Lipinski definition) is 1. The number of rotatable bonds is 3. The van der Waals surface area contributed by atoms with Crippen molar-refractivity contribution in [3.63, 3.8) is 0 Å². The van der Waals surface area contributed by atoms with Crippen LogP contribution in [-0.2, 0) is 9.53 Å². The summed E-state index contributed by atoms with van der Waals surface area (Å²) in [6, 6.07) is 4.74. The summed E-state index contributed by atoms with van der Waals surface area (Å²) in [7, 11) is 0. The predicted molar refractivity (Wildman–Crippen MR) is 81.1 cm³/mol. The highest BCUT2D eigenvalue weighted by molar-refractivity contribution is 9.10. The summed E-state index contributed by atoms with van der Waals surface area (Å²) in [6.07, 6.45) is 1.48. The zero-order valence-electron chi connectivity index (χ0n) is 11.8. The predicted octanol–water partition coefficient (Wildman–Crippen LogP) is 2.57. The maximum Gasteiger partial charge on any atom is 0.310 e. The van der Waals surface area contributed by atoms with Crippen molar-refractivity contribution in [2.45, 2.75) is 19.8 Å². The second kappa shape index (κ2) is 6.93. The van der Waals surface area contributed by atoms with Crippen LogP contribution < -0.4 is 0 Å². The molecule has 2 rings (SSSR count). The molecular weight excluding hydrogens is 338 g/mol. The van der Waals surface area contributed by atoms with Crippen LogP contribution in [0.15, 0.2) is 22.7 Å². The summed E-state index contributed by atoms with van der Waals surface area (Å²) in [5, 5.41) is 9.84. The summed E-state index contributed by atoms with van der Waals surface area (Å²) in [6.45, 7) is 3.03. The van der Waals surface area contributed by atoms with E-state index in [-0.39, 0.29) is 29.1 Å². The summed E-state index contributed by atoms with van der Waals surface area (Å²) in [4.78, 5) is 25.9. The molecule has 1 amide bonds. The average Bonchev–Trinajstić information content (AvgIpc) is 2.49. The summed E-state index contributed by atoms with van der Waals surface area (Å²) in [5.74, 6) is -0.852. The molecule has 1 aliphatic rings. The lowest BCUT2D eigenvalue weighted by Crippen LogP contribution is -2.42. The number of ether oxygens (including phenoxy) is 1. The Bertz CT molecular complexity index is 546. The molecule has 5 nitrogen and oxygen atoms in total. The lowest BCUT2D eigenvalue weighted by molar-refractivity contribution is -0.149. The number of amides is 1. The minimum absolute atomic E-state index is 0.0542. The van der Waals surface area contributed by atoms with Crippen molar-refractivity contribution in [1.82, 2.24) is 4.90 Å². The molecule has 1 aromatic carbocycles. The van der Waals surface area contributed by atoms with Crippen LogP contribution >= 0.6 is 15.9 Å². The van der Waals surface area contributed by atoms with Gasteiger partial charge in [0.2, 0.25) is 0 Å². The lowest BCUT2D eigenvalue weighted by Gasteiger charge is -2.31. The van der Waals surface area contributed by atoms with Crippen molar-refractivity contribution in [1.29, 1.82) is 0 Å². The van der Waals surface area contributed by atoms with Crippen LogP contribution in [0, 0.1) is 5.92 Å². The number of halogens is 1. The Morgan fingerprint density at radius 2 is 2.24 bits per heavy atom. The minimum atomic E-state index is -0.281. The van der Waals surface area contributed by atoms with E-state index in [1.165, 1.54) is 6.07 Å². The van der Waals surface area contributed by atoms with E-state index in [1.54, 1.807) is 24.0 Å². The number of hydrogen-bond acceptors (Lipinski definition) is 4. The van der Waals surface area contributed by atoms with E-state index < -0.39 is 0 Å². The largest absolute Gasteiger partial charge is 0.507 e. The van der Waals surface area contributed by atoms with Gasteiger partial charge in [-0.2, -0.15) is 0 Å². The Labute approximate surface area is 132 Å². The van der Waals surface area contributed by atoms with Gasteiger partial charge in [-0.15, -0.1) is 0 Å². The van der Waals surface area contributed by atoms with E-state index in [1.807, 2.05) is 0 Å². The zero-order valence-corrected chi connectivity index (χ0v) is 13.4. The average molecular weight is 356 g/mol. The molecule has 1 aliphatic heterocycles. The monoisotopic (exact) mass is 355 g/mol. The van der Waals surface area contributed by atoms with Crippen LogP contribution in [-0.4, -0.2) is 41.6 Å². The van der Waals surface area contributed by atoms with Crippen molar-refractivity contribution >= 4 is 27.8 Å². The first kappa shape index (κ1) is 15.8. The van der Waals surface area contributed by atoms with Gasteiger partial charge in [0.05, 0.1) is 18.1 Å². The summed E-state index contributed by atoms with van der Waals surface area (Å²) in [5.41, 5.74) is 0.244. The zero-order chi connectivity index (χ0) is 15.4. The van der Waals surface area contributed by atoms with Gasteiger partial charge in [-0.05, 0) is 38.0 Å². The lowest BCUT2D eigenvalue weighted by atomic mass is 9.97. The third-order valence-corrected chi connectivity index (χ3v) is 4.01. The third kappa shape index (κ3) is 3.75. The summed E-state index contributed by atoms with van der Waals surface area (Å²) < 4.78 is 5.75. The van der Waals surface area contributed by atoms with E-state index in [0.717, 1.165) is 17.3 Å². The molecular formula is C15H18BrNO4. The van der Waals surface area contributed by atoms with Crippen LogP contribution in [0.2, 0.25) is 0 Å². The standard InChI is InChI=1S/C15H18BrNO4/c1-2-21-15(20)10-4-3-7-17(9-10)14(19)12-8-11(16)5-6-13(12)18/h5-6,8,10,18H,2-4,7,9H2,1H3/t10-/m0/s1. The molecule has 1 saturated heterocycles. The molecule has 114 valence electrons. The van der Waals surface area contributed by atoms with Gasteiger partial charge in [0.15, 0.2) is 0 Å². The number of benzene rings is 1. The highest BCUT2D eigenvalue weighted by atomic mass is 79.9. The van der Waals surface area contributed by atoms with Crippen LogP contribution in [0.5, 0.6) is 5.75 Å². The van der Waals surface area contributed by atoms with E-state index in [9.17, 15) is 14.7 Å². The molecule has 0 aliphatic carbocycles. The highest BCUT2D eigenvalue weighted by Crippen LogP contribution is 2.26. The van der Waals surface area contributed by atoms with E-state index >= 15 is 0 Å². The molecule has 0 bridgehead atoms. The number of esters is 1. The second-order valence-corrected chi connectivity index (χ2v) is 5.92. The van der Waals surface area contributed by atoms with Crippen molar-refractivity contribution in [3.05, 3.63) is 28.2 Å². The Hall–Kier alpha value is -1.56. The minimum Gasteiger partial charge on any atom is -0.507 e. The van der Waals surface area contributed by atoms with Gasteiger partial charge in [-0.1, -0.05) is 15.9 Å². The van der Waals surface area contributed by atoms with Gasteiger partial charge in [-0.25, -0.2) is 0 Å². The van der Waals surface area contributed by atoms with Gasteiger partial charge in [0, 0.05) is 17.6 Å². The number of nitrogens with zero attached hydrogens (tertiary/aromatic N) is 1. The first-order chi connectivity index (χ1) is 10.0. The summed E-state index contributed by atoms with van der Waals surface area (Å²) >= 11 is 3.29. The molecule has 21 heavy (non-hydrogen) atoms. The number of phenols is 1. The van der Waals surface area contributed by atoms with E-state index in [0.29, 0.717) is 19.7 Å². The smallest absolute Gasteiger partial charge is 0.310 e. The number of phenolic OH excluding ortho intramolecular Hbond substituents is 1. The Balaban J connectivity index is 2.12. The highest BCUT2D eigenvalue weighted by Gasteiger charge is 2.30. The number of carbonyl (C=O) groups is 2. The van der Waals surface area contributed by atoms with Crippen molar-refractivity contribution < 1.29 is 19.4 Å². The normalized spacial score (nSPS) is 18.4. The molecule has 0 spiro atoms. The first-order valence-corrected chi connectivity index (χ1v) is 7.76. The van der Waals surface area contributed by atoms with Crippen LogP contribution in [0.1, 0.15) is 30.1 Å². The van der Waals surface area contributed by atoms with Gasteiger partial charge >= 0.3 is 5.97 Å². The Morgan fingerprint density at radius 3 is 2.95 bits per heavy atom. The van der Waals surface area contributed by atoms with Gasteiger partial charge in [0.1, 0.15) is 5.75 Å².